The molecule has 0 unspecified atom stereocenters. The topological polar surface area (TPSA) is 83.1 Å². The minimum atomic E-state index is -0.366. The monoisotopic (exact) mass is 364 g/mol. The van der Waals surface area contributed by atoms with Gasteiger partial charge in [-0.25, -0.2) is 9.37 Å². The van der Waals surface area contributed by atoms with Crippen molar-refractivity contribution in [2.45, 2.75) is 6.92 Å². The number of halogens is 1. The van der Waals surface area contributed by atoms with Crippen LogP contribution in [0.1, 0.15) is 17.3 Å². The predicted molar refractivity (Wildman–Crippen MR) is 103 cm³/mol. The summed E-state index contributed by atoms with van der Waals surface area (Å²) >= 11 is 0. The lowest BCUT2D eigenvalue weighted by Crippen LogP contribution is -2.12. The maximum Gasteiger partial charge on any atom is 0.257 e. The number of pyridine rings is 1. The first-order valence-electron chi connectivity index (χ1n) is 8.17. The van der Waals surface area contributed by atoms with E-state index in [1.165, 1.54) is 37.4 Å². The molecule has 0 aliphatic carbocycles. The summed E-state index contributed by atoms with van der Waals surface area (Å²) in [5.41, 5.74) is 2.38. The van der Waals surface area contributed by atoms with Gasteiger partial charge in [-0.15, -0.1) is 0 Å². The number of benzene rings is 2. The molecule has 0 aliphatic heterocycles. The average Bonchev–Trinajstić information content (AvgIpc) is 2.65. The molecule has 0 spiro atoms. The van der Waals surface area contributed by atoms with Crippen LogP contribution in [0.25, 0.3) is 0 Å². The fourth-order valence-corrected chi connectivity index (χ4v) is 2.33. The molecule has 3 aromatic rings. The molecule has 136 valence electrons. The zero-order valence-corrected chi connectivity index (χ0v) is 14.5. The molecule has 0 bridgehead atoms. The van der Waals surface area contributed by atoms with E-state index in [9.17, 15) is 14.0 Å². The summed E-state index contributed by atoms with van der Waals surface area (Å²) in [6.07, 6.45) is 1.45. The highest BCUT2D eigenvalue weighted by Gasteiger charge is 2.07. The molecule has 0 atom stereocenters. The number of carbonyl (C=O) groups excluding carboxylic acids is 2. The summed E-state index contributed by atoms with van der Waals surface area (Å²) in [6, 6.07) is 16.0. The summed E-state index contributed by atoms with van der Waals surface area (Å²) in [5.74, 6) is -0.261. The molecule has 1 aromatic heterocycles. The van der Waals surface area contributed by atoms with Crippen molar-refractivity contribution in [1.82, 2.24) is 4.98 Å². The van der Waals surface area contributed by atoms with Crippen LogP contribution in [0.4, 0.5) is 27.3 Å². The lowest BCUT2D eigenvalue weighted by Gasteiger charge is -2.08. The van der Waals surface area contributed by atoms with Crippen LogP contribution in [0.5, 0.6) is 0 Å². The van der Waals surface area contributed by atoms with Crippen LogP contribution in [-0.2, 0) is 4.79 Å². The molecule has 3 rings (SSSR count). The molecule has 6 nitrogen and oxygen atoms in total. The van der Waals surface area contributed by atoms with Gasteiger partial charge in [0.2, 0.25) is 5.91 Å². The van der Waals surface area contributed by atoms with Crippen LogP contribution < -0.4 is 16.0 Å². The van der Waals surface area contributed by atoms with Gasteiger partial charge in [-0.2, -0.15) is 0 Å². The van der Waals surface area contributed by atoms with Gasteiger partial charge in [0.25, 0.3) is 5.91 Å². The number of nitrogens with one attached hydrogen (secondary N) is 3. The van der Waals surface area contributed by atoms with Crippen molar-refractivity contribution in [2.24, 2.45) is 0 Å². The van der Waals surface area contributed by atoms with Crippen molar-refractivity contribution < 1.29 is 14.0 Å². The summed E-state index contributed by atoms with van der Waals surface area (Å²) in [5, 5.41) is 8.48. The predicted octanol–water partition coefficient (Wildman–Crippen LogP) is 4.18. The van der Waals surface area contributed by atoms with Crippen molar-refractivity contribution in [2.75, 3.05) is 16.0 Å². The van der Waals surface area contributed by atoms with Gasteiger partial charge in [0.15, 0.2) is 0 Å². The molecule has 27 heavy (non-hydrogen) atoms. The smallest absolute Gasteiger partial charge is 0.257 e. The van der Waals surface area contributed by atoms with Gasteiger partial charge in [-0.3, -0.25) is 9.59 Å². The Hall–Kier alpha value is -3.74. The molecular weight excluding hydrogens is 347 g/mol. The maximum absolute atomic E-state index is 12.9. The van der Waals surface area contributed by atoms with E-state index in [1.807, 2.05) is 12.1 Å². The summed E-state index contributed by atoms with van der Waals surface area (Å²) in [6.45, 7) is 1.45. The molecule has 7 heteroatoms. The maximum atomic E-state index is 12.9. The Morgan fingerprint density at radius 1 is 0.815 bits per heavy atom. The van der Waals surface area contributed by atoms with E-state index in [1.54, 1.807) is 24.3 Å². The van der Waals surface area contributed by atoms with Crippen molar-refractivity contribution >= 4 is 34.7 Å². The molecule has 3 N–H and O–H groups in total. The highest BCUT2D eigenvalue weighted by molar-refractivity contribution is 6.04. The molecule has 2 amide bonds. The number of hydrogen-bond donors (Lipinski definition) is 3. The molecule has 0 fully saturated rings. The summed E-state index contributed by atoms with van der Waals surface area (Å²) in [4.78, 5) is 27.4. The van der Waals surface area contributed by atoms with Crippen LogP contribution in [0.2, 0.25) is 0 Å². The Morgan fingerprint density at radius 3 is 2.00 bits per heavy atom. The average molecular weight is 364 g/mol. The Kier molecular flexibility index (Phi) is 5.41. The van der Waals surface area contributed by atoms with Crippen molar-refractivity contribution in [3.05, 3.63) is 78.2 Å². The van der Waals surface area contributed by atoms with Crippen LogP contribution in [0, 0.1) is 5.82 Å². The number of nitrogens with zero attached hydrogens (tertiary/aromatic N) is 1. The number of carbonyl (C=O) groups is 2. The lowest BCUT2D eigenvalue weighted by molar-refractivity contribution is -0.114. The van der Waals surface area contributed by atoms with E-state index in [0.717, 1.165) is 5.69 Å². The molecular formula is C20H17FN4O2. The van der Waals surface area contributed by atoms with Crippen LogP contribution in [-0.4, -0.2) is 16.8 Å². The quantitative estimate of drug-likeness (QED) is 0.634. The van der Waals surface area contributed by atoms with Crippen LogP contribution in [0.3, 0.4) is 0 Å². The Bertz CT molecular complexity index is 939. The van der Waals surface area contributed by atoms with Gasteiger partial charge >= 0.3 is 0 Å². The van der Waals surface area contributed by atoms with Gasteiger partial charge in [0, 0.05) is 30.2 Å². The minimum absolute atomic E-state index is 0.133. The molecule has 0 radical (unpaired) electrons. The Morgan fingerprint density at radius 2 is 1.41 bits per heavy atom. The highest BCUT2D eigenvalue weighted by atomic mass is 19.1. The van der Waals surface area contributed by atoms with E-state index < -0.39 is 0 Å². The number of rotatable bonds is 5. The zero-order valence-electron chi connectivity index (χ0n) is 14.5. The van der Waals surface area contributed by atoms with E-state index >= 15 is 0 Å². The second-order valence-corrected chi connectivity index (χ2v) is 5.78. The van der Waals surface area contributed by atoms with Crippen molar-refractivity contribution in [1.29, 1.82) is 0 Å². The summed E-state index contributed by atoms with van der Waals surface area (Å²) in [7, 11) is 0. The number of amides is 2. The van der Waals surface area contributed by atoms with E-state index in [-0.39, 0.29) is 17.6 Å². The van der Waals surface area contributed by atoms with E-state index in [0.29, 0.717) is 22.8 Å². The first kappa shape index (κ1) is 18.1. The third-order valence-corrected chi connectivity index (χ3v) is 3.61. The van der Waals surface area contributed by atoms with Gasteiger partial charge in [0.05, 0.1) is 5.56 Å². The molecule has 0 saturated carbocycles. The van der Waals surface area contributed by atoms with E-state index in [2.05, 4.69) is 20.9 Å². The van der Waals surface area contributed by atoms with Gasteiger partial charge < -0.3 is 16.0 Å². The third-order valence-electron chi connectivity index (χ3n) is 3.61. The van der Waals surface area contributed by atoms with E-state index in [4.69, 9.17) is 0 Å². The zero-order chi connectivity index (χ0) is 19.2. The first-order chi connectivity index (χ1) is 13.0. The fraction of sp³-hybridized carbons (Fsp3) is 0.0500. The Labute approximate surface area is 155 Å². The summed E-state index contributed by atoms with van der Waals surface area (Å²) < 4.78 is 12.9. The van der Waals surface area contributed by atoms with Crippen molar-refractivity contribution in [3.8, 4) is 0 Å². The lowest BCUT2D eigenvalue weighted by atomic mass is 10.2. The molecule has 2 aromatic carbocycles. The minimum Gasteiger partial charge on any atom is -0.340 e. The molecule has 1 heterocycles. The fourth-order valence-electron chi connectivity index (χ4n) is 2.33. The number of anilines is 4. The molecule has 0 aliphatic rings. The van der Waals surface area contributed by atoms with Gasteiger partial charge in [-0.05, 0) is 60.7 Å². The van der Waals surface area contributed by atoms with Gasteiger partial charge in [-0.1, -0.05) is 0 Å². The second-order valence-electron chi connectivity index (χ2n) is 5.78. The normalized spacial score (nSPS) is 10.1. The molecule has 0 saturated heterocycles. The van der Waals surface area contributed by atoms with Crippen LogP contribution >= 0.6 is 0 Å². The largest absolute Gasteiger partial charge is 0.340 e. The third kappa shape index (κ3) is 5.12. The number of hydrogen-bond acceptors (Lipinski definition) is 4. The number of aromatic nitrogens is 1. The van der Waals surface area contributed by atoms with Crippen molar-refractivity contribution in [3.63, 3.8) is 0 Å². The standard InChI is InChI=1S/C20H17FN4O2/c1-13(26)23-16-7-9-17(10-8-16)24-19-11-2-14(12-22-19)20(27)25-18-5-3-15(21)4-6-18/h2-12H,1H3,(H,22,24)(H,23,26)(H,25,27). The second kappa shape index (κ2) is 8.09. The highest BCUT2D eigenvalue weighted by Crippen LogP contribution is 2.18. The Balaban J connectivity index is 1.61. The SMILES string of the molecule is CC(=O)Nc1ccc(Nc2ccc(C(=O)Nc3ccc(F)cc3)cn2)cc1. The first-order valence-corrected chi connectivity index (χ1v) is 8.17. The van der Waals surface area contributed by atoms with Gasteiger partial charge in [0.1, 0.15) is 11.6 Å². The van der Waals surface area contributed by atoms with Crippen LogP contribution in [0.15, 0.2) is 66.9 Å².